The van der Waals surface area contributed by atoms with E-state index in [1.165, 1.54) is 0 Å². The van der Waals surface area contributed by atoms with Crippen molar-refractivity contribution in [3.63, 3.8) is 0 Å². The van der Waals surface area contributed by atoms with Gasteiger partial charge in [-0.05, 0) is 34.7 Å². The van der Waals surface area contributed by atoms with Crippen molar-refractivity contribution in [3.05, 3.63) is 51.7 Å². The van der Waals surface area contributed by atoms with Crippen LogP contribution in [-0.2, 0) is 0 Å². The number of rotatable bonds is 1. The van der Waals surface area contributed by atoms with Crippen molar-refractivity contribution >= 4 is 28.2 Å². The van der Waals surface area contributed by atoms with Crippen LogP contribution in [-0.4, -0.2) is 14.6 Å². The van der Waals surface area contributed by atoms with Crippen LogP contribution >= 0.6 is 22.6 Å². The molecular weight excluding hydrogens is 339 g/mol. The number of benzene rings is 1. The van der Waals surface area contributed by atoms with Gasteiger partial charge in [-0.2, -0.15) is 5.26 Å². The second-order valence-corrected chi connectivity index (χ2v) is 4.92. The summed E-state index contributed by atoms with van der Waals surface area (Å²) in [6.07, 6.45) is 1.83. The second-order valence-electron chi connectivity index (χ2n) is 3.76. The highest BCUT2D eigenvalue weighted by molar-refractivity contribution is 14.1. The second kappa shape index (κ2) is 4.38. The van der Waals surface area contributed by atoms with Crippen LogP contribution in [0.25, 0.3) is 17.0 Å². The highest BCUT2D eigenvalue weighted by Gasteiger charge is 2.10. The average Bonchev–Trinajstić information content (AvgIpc) is 2.82. The Labute approximate surface area is 117 Å². The summed E-state index contributed by atoms with van der Waals surface area (Å²) in [4.78, 5) is 0. The minimum absolute atomic E-state index is 0.587. The number of fused-ring (bicyclic) bond motifs is 1. The van der Waals surface area contributed by atoms with Gasteiger partial charge in [-0.15, -0.1) is 10.2 Å². The Balaban J connectivity index is 2.26. The third-order valence-electron chi connectivity index (χ3n) is 2.65. The van der Waals surface area contributed by atoms with E-state index in [0.29, 0.717) is 11.2 Å². The predicted molar refractivity (Wildman–Crippen MR) is 75.9 cm³/mol. The van der Waals surface area contributed by atoms with Gasteiger partial charge in [0.1, 0.15) is 0 Å². The molecule has 18 heavy (non-hydrogen) atoms. The van der Waals surface area contributed by atoms with E-state index in [9.17, 15) is 0 Å². The fourth-order valence-electron chi connectivity index (χ4n) is 1.79. The van der Waals surface area contributed by atoms with E-state index in [-0.39, 0.29) is 0 Å². The number of hydrogen-bond donors (Lipinski definition) is 0. The first-order valence-corrected chi connectivity index (χ1v) is 6.37. The molecule has 0 amide bonds. The number of hydrogen-bond acceptors (Lipinski definition) is 3. The van der Waals surface area contributed by atoms with Crippen molar-refractivity contribution in [1.29, 1.82) is 5.26 Å². The first kappa shape index (κ1) is 11.2. The first-order valence-electron chi connectivity index (χ1n) is 5.29. The normalized spacial score (nSPS) is 10.4. The molecule has 3 aromatic rings. The van der Waals surface area contributed by atoms with Gasteiger partial charge < -0.3 is 0 Å². The average molecular weight is 346 g/mol. The van der Waals surface area contributed by atoms with Gasteiger partial charge in [-0.25, -0.2) is 0 Å². The summed E-state index contributed by atoms with van der Waals surface area (Å²) in [6.45, 7) is 0. The van der Waals surface area contributed by atoms with Crippen molar-refractivity contribution in [2.24, 2.45) is 0 Å². The Morgan fingerprint density at radius 3 is 2.78 bits per heavy atom. The lowest BCUT2D eigenvalue weighted by Gasteiger charge is -2.02. The maximum atomic E-state index is 8.86. The zero-order valence-corrected chi connectivity index (χ0v) is 11.4. The molecule has 5 heteroatoms. The van der Waals surface area contributed by atoms with Crippen LogP contribution < -0.4 is 0 Å². The lowest BCUT2D eigenvalue weighted by Crippen LogP contribution is -1.91. The topological polar surface area (TPSA) is 54.0 Å². The molecule has 0 radical (unpaired) electrons. The van der Waals surface area contributed by atoms with Crippen molar-refractivity contribution < 1.29 is 0 Å². The molecule has 0 spiro atoms. The van der Waals surface area contributed by atoms with E-state index < -0.39 is 0 Å². The van der Waals surface area contributed by atoms with Crippen molar-refractivity contribution in [2.75, 3.05) is 0 Å². The molecule has 4 nitrogen and oxygen atoms in total. The van der Waals surface area contributed by atoms with E-state index in [1.54, 1.807) is 12.1 Å². The summed E-state index contributed by atoms with van der Waals surface area (Å²) < 4.78 is 3.01. The predicted octanol–water partition coefficient (Wildman–Crippen LogP) is 2.87. The van der Waals surface area contributed by atoms with E-state index in [1.807, 2.05) is 34.9 Å². The third-order valence-corrected chi connectivity index (χ3v) is 3.59. The van der Waals surface area contributed by atoms with E-state index in [4.69, 9.17) is 5.26 Å². The van der Waals surface area contributed by atoms with Crippen LogP contribution in [0.1, 0.15) is 5.56 Å². The van der Waals surface area contributed by atoms with Gasteiger partial charge in [0.15, 0.2) is 11.5 Å². The van der Waals surface area contributed by atoms with Crippen molar-refractivity contribution in [1.82, 2.24) is 14.6 Å². The molecule has 0 atom stereocenters. The lowest BCUT2D eigenvalue weighted by atomic mass is 10.2. The molecule has 2 heterocycles. The largest absolute Gasteiger partial charge is 0.282 e. The van der Waals surface area contributed by atoms with Gasteiger partial charge in [0.05, 0.1) is 11.6 Å². The number of nitriles is 1. The fraction of sp³-hybridized carbons (Fsp3) is 0. The summed E-state index contributed by atoms with van der Waals surface area (Å²) in [5.41, 5.74) is 2.31. The fourth-order valence-corrected chi connectivity index (χ4v) is 2.42. The van der Waals surface area contributed by atoms with Gasteiger partial charge in [0.2, 0.25) is 0 Å². The van der Waals surface area contributed by atoms with Crippen LogP contribution in [0, 0.1) is 14.9 Å². The summed E-state index contributed by atoms with van der Waals surface area (Å²) in [6, 6.07) is 13.6. The summed E-state index contributed by atoms with van der Waals surface area (Å²) >= 11 is 2.27. The van der Waals surface area contributed by atoms with Crippen molar-refractivity contribution in [3.8, 4) is 17.5 Å². The Morgan fingerprint density at radius 2 is 2.00 bits per heavy atom. The van der Waals surface area contributed by atoms with Crippen molar-refractivity contribution in [2.45, 2.75) is 0 Å². The van der Waals surface area contributed by atoms with Crippen LogP contribution in [0.2, 0.25) is 0 Å². The molecule has 0 fully saturated rings. The third kappa shape index (κ3) is 1.75. The van der Waals surface area contributed by atoms with Gasteiger partial charge in [-0.3, -0.25) is 4.40 Å². The molecule has 0 aliphatic heterocycles. The number of halogens is 1. The molecule has 0 bridgehead atoms. The zero-order valence-electron chi connectivity index (χ0n) is 9.21. The molecule has 86 valence electrons. The molecule has 0 N–H and O–H groups in total. The Morgan fingerprint density at radius 1 is 1.17 bits per heavy atom. The molecule has 3 rings (SSSR count). The van der Waals surface area contributed by atoms with E-state index >= 15 is 0 Å². The maximum Gasteiger partial charge on any atom is 0.169 e. The minimum atomic E-state index is 0.587. The Kier molecular flexibility index (Phi) is 2.72. The Bertz CT molecular complexity index is 770. The standard InChI is InChI=1S/C13H7IN4/c14-11-4-2-1-3-10(11)13-17-16-12-7-9(8-15)5-6-18(12)13/h1-7H. The van der Waals surface area contributed by atoms with Crippen LogP contribution in [0.3, 0.4) is 0 Å². The molecule has 0 aliphatic carbocycles. The molecule has 1 aromatic carbocycles. The number of pyridine rings is 1. The number of nitrogens with zero attached hydrogens (tertiary/aromatic N) is 4. The summed E-state index contributed by atoms with van der Waals surface area (Å²) in [5.74, 6) is 0.791. The van der Waals surface area contributed by atoms with Crippen LogP contribution in [0.5, 0.6) is 0 Å². The highest BCUT2D eigenvalue weighted by Crippen LogP contribution is 2.23. The maximum absolute atomic E-state index is 8.86. The van der Waals surface area contributed by atoms with E-state index in [2.05, 4.69) is 38.9 Å². The molecule has 0 aliphatic rings. The highest BCUT2D eigenvalue weighted by atomic mass is 127. The molecular formula is C13H7IN4. The monoisotopic (exact) mass is 346 g/mol. The minimum Gasteiger partial charge on any atom is -0.282 e. The molecule has 2 aromatic heterocycles. The van der Waals surface area contributed by atoms with Gasteiger partial charge in [-0.1, -0.05) is 18.2 Å². The van der Waals surface area contributed by atoms with Crippen LogP contribution in [0.15, 0.2) is 42.6 Å². The van der Waals surface area contributed by atoms with Crippen LogP contribution in [0.4, 0.5) is 0 Å². The van der Waals surface area contributed by atoms with Gasteiger partial charge >= 0.3 is 0 Å². The SMILES string of the molecule is N#Cc1ccn2c(-c3ccccc3I)nnc2c1. The smallest absolute Gasteiger partial charge is 0.169 e. The molecule has 0 unspecified atom stereocenters. The molecule has 0 saturated carbocycles. The lowest BCUT2D eigenvalue weighted by molar-refractivity contribution is 1.11. The molecule has 0 saturated heterocycles. The summed E-state index contributed by atoms with van der Waals surface area (Å²) in [5, 5.41) is 17.2. The Hall–Kier alpha value is -1.94. The quantitative estimate of drug-likeness (QED) is 0.637. The van der Waals surface area contributed by atoms with Gasteiger partial charge in [0.25, 0.3) is 0 Å². The summed E-state index contributed by atoms with van der Waals surface area (Å²) in [7, 11) is 0. The first-order chi connectivity index (χ1) is 8.79. The van der Waals surface area contributed by atoms with Gasteiger partial charge in [0, 0.05) is 21.4 Å². The zero-order chi connectivity index (χ0) is 12.5. The number of aromatic nitrogens is 3. The van der Waals surface area contributed by atoms with E-state index in [0.717, 1.165) is 15.0 Å².